The maximum absolute atomic E-state index is 11.9. The zero-order valence-electron chi connectivity index (χ0n) is 13.7. The quantitative estimate of drug-likeness (QED) is 0.605. The van der Waals surface area contributed by atoms with Crippen LogP contribution in [0.4, 0.5) is 5.69 Å². The molecule has 0 aromatic heterocycles. The van der Waals surface area contributed by atoms with Crippen molar-refractivity contribution in [2.45, 2.75) is 26.3 Å². The zero-order chi connectivity index (χ0) is 17.4. The van der Waals surface area contributed by atoms with Crippen LogP contribution < -0.4 is 11.1 Å². The first-order valence-electron chi connectivity index (χ1n) is 7.96. The first kappa shape index (κ1) is 17.5. The molecule has 2 aromatic carbocycles. The summed E-state index contributed by atoms with van der Waals surface area (Å²) in [6.07, 6.45) is 0.995. The van der Waals surface area contributed by atoms with Gasteiger partial charge in [-0.25, -0.2) is 4.79 Å². The van der Waals surface area contributed by atoms with E-state index in [0.29, 0.717) is 37.2 Å². The molecule has 0 aliphatic carbocycles. The lowest BCUT2D eigenvalue weighted by molar-refractivity contribution is -0.121. The Kier molecular flexibility index (Phi) is 6.37. The Morgan fingerprint density at radius 3 is 2.46 bits per heavy atom. The van der Waals surface area contributed by atoms with E-state index in [1.54, 1.807) is 19.1 Å². The van der Waals surface area contributed by atoms with Crippen molar-refractivity contribution in [2.24, 2.45) is 0 Å². The molecule has 0 aliphatic heterocycles. The van der Waals surface area contributed by atoms with Gasteiger partial charge in [-0.3, -0.25) is 4.79 Å². The van der Waals surface area contributed by atoms with Gasteiger partial charge in [-0.1, -0.05) is 30.3 Å². The van der Waals surface area contributed by atoms with Crippen LogP contribution >= 0.6 is 0 Å². The zero-order valence-corrected chi connectivity index (χ0v) is 13.7. The summed E-state index contributed by atoms with van der Waals surface area (Å²) >= 11 is 0. The third kappa shape index (κ3) is 5.12. The molecule has 0 atom stereocenters. The average molecular weight is 326 g/mol. The van der Waals surface area contributed by atoms with E-state index in [1.165, 1.54) is 0 Å². The molecule has 0 saturated carbocycles. The van der Waals surface area contributed by atoms with E-state index >= 15 is 0 Å². The molecule has 0 heterocycles. The van der Waals surface area contributed by atoms with Gasteiger partial charge in [0.2, 0.25) is 5.91 Å². The van der Waals surface area contributed by atoms with Crippen LogP contribution in [-0.2, 0) is 22.5 Å². The molecule has 2 rings (SSSR count). The van der Waals surface area contributed by atoms with Gasteiger partial charge in [-0.2, -0.15) is 0 Å². The van der Waals surface area contributed by atoms with Crippen LogP contribution in [0.1, 0.15) is 34.8 Å². The van der Waals surface area contributed by atoms with Gasteiger partial charge in [0.25, 0.3) is 0 Å². The van der Waals surface area contributed by atoms with Gasteiger partial charge < -0.3 is 15.8 Å². The highest BCUT2D eigenvalue weighted by molar-refractivity contribution is 5.89. The van der Waals surface area contributed by atoms with Crippen LogP contribution in [0, 0.1) is 0 Å². The normalized spacial score (nSPS) is 10.2. The van der Waals surface area contributed by atoms with Crippen molar-refractivity contribution in [1.82, 2.24) is 5.32 Å². The fourth-order valence-corrected chi connectivity index (χ4v) is 2.27. The number of esters is 1. The van der Waals surface area contributed by atoms with Crippen molar-refractivity contribution in [3.8, 4) is 0 Å². The molecule has 0 fully saturated rings. The number of para-hydroxylation sites is 1. The minimum absolute atomic E-state index is 0.0345. The minimum Gasteiger partial charge on any atom is -0.462 e. The first-order valence-corrected chi connectivity index (χ1v) is 7.96. The molecular formula is C19H22N2O3. The fourth-order valence-electron chi connectivity index (χ4n) is 2.27. The van der Waals surface area contributed by atoms with Gasteiger partial charge in [0.1, 0.15) is 0 Å². The van der Waals surface area contributed by atoms with E-state index in [9.17, 15) is 9.59 Å². The van der Waals surface area contributed by atoms with Gasteiger partial charge in [-0.05, 0) is 42.7 Å². The number of rotatable bonds is 7. The van der Waals surface area contributed by atoms with Gasteiger partial charge in [0.05, 0.1) is 12.2 Å². The molecule has 3 N–H and O–H groups in total. The van der Waals surface area contributed by atoms with Crippen LogP contribution in [0.3, 0.4) is 0 Å². The number of nitrogen functional groups attached to an aromatic ring is 1. The number of aryl methyl sites for hydroxylation is 1. The van der Waals surface area contributed by atoms with Gasteiger partial charge in [-0.15, -0.1) is 0 Å². The second-order valence-electron chi connectivity index (χ2n) is 5.39. The Morgan fingerprint density at radius 1 is 1.08 bits per heavy atom. The Morgan fingerprint density at radius 2 is 1.79 bits per heavy atom. The van der Waals surface area contributed by atoms with Crippen molar-refractivity contribution in [2.75, 3.05) is 12.3 Å². The largest absolute Gasteiger partial charge is 0.462 e. The molecule has 2 aromatic rings. The highest BCUT2D eigenvalue weighted by Gasteiger charge is 2.07. The number of carbonyl (C=O) groups is 2. The van der Waals surface area contributed by atoms with Crippen LogP contribution in [0.15, 0.2) is 48.5 Å². The van der Waals surface area contributed by atoms with Gasteiger partial charge >= 0.3 is 5.97 Å². The van der Waals surface area contributed by atoms with E-state index < -0.39 is 0 Å². The maximum Gasteiger partial charge on any atom is 0.338 e. The lowest BCUT2D eigenvalue weighted by Crippen LogP contribution is -2.23. The summed E-state index contributed by atoms with van der Waals surface area (Å²) in [5.41, 5.74) is 8.98. The van der Waals surface area contributed by atoms with Crippen LogP contribution in [0.5, 0.6) is 0 Å². The molecule has 0 unspecified atom stereocenters. The molecule has 5 heteroatoms. The predicted molar refractivity (Wildman–Crippen MR) is 93.4 cm³/mol. The number of benzene rings is 2. The molecule has 0 radical (unpaired) electrons. The molecule has 0 aliphatic rings. The summed E-state index contributed by atoms with van der Waals surface area (Å²) in [5.74, 6) is -0.374. The molecule has 126 valence electrons. The molecular weight excluding hydrogens is 304 g/mol. The number of hydrogen-bond donors (Lipinski definition) is 2. The summed E-state index contributed by atoms with van der Waals surface area (Å²) in [6, 6.07) is 14.6. The average Bonchev–Trinajstić information content (AvgIpc) is 2.60. The van der Waals surface area contributed by atoms with Crippen molar-refractivity contribution < 1.29 is 14.3 Å². The predicted octanol–water partition coefficient (Wildman–Crippen LogP) is 2.69. The Balaban J connectivity index is 1.79. The maximum atomic E-state index is 11.9. The van der Waals surface area contributed by atoms with E-state index in [2.05, 4.69) is 5.32 Å². The van der Waals surface area contributed by atoms with Crippen molar-refractivity contribution in [1.29, 1.82) is 0 Å². The summed E-state index contributed by atoms with van der Waals surface area (Å²) < 4.78 is 4.93. The van der Waals surface area contributed by atoms with Crippen molar-refractivity contribution in [3.05, 3.63) is 65.2 Å². The van der Waals surface area contributed by atoms with E-state index in [0.717, 1.165) is 11.1 Å². The summed E-state index contributed by atoms with van der Waals surface area (Å²) in [5, 5.41) is 2.87. The number of nitrogens with one attached hydrogen (secondary N) is 1. The number of anilines is 1. The SMILES string of the molecule is CCOC(=O)c1ccc(CNC(=O)CCc2ccccc2N)cc1. The monoisotopic (exact) mass is 326 g/mol. The molecule has 5 nitrogen and oxygen atoms in total. The third-order valence-electron chi connectivity index (χ3n) is 3.63. The van der Waals surface area contributed by atoms with Gasteiger partial charge in [0.15, 0.2) is 0 Å². The number of carbonyl (C=O) groups excluding carboxylic acids is 2. The van der Waals surface area contributed by atoms with Gasteiger partial charge in [0, 0.05) is 18.7 Å². The van der Waals surface area contributed by atoms with E-state index in [-0.39, 0.29) is 11.9 Å². The van der Waals surface area contributed by atoms with Crippen LogP contribution in [-0.4, -0.2) is 18.5 Å². The minimum atomic E-state index is -0.339. The number of hydrogen-bond acceptors (Lipinski definition) is 4. The third-order valence-corrected chi connectivity index (χ3v) is 3.63. The topological polar surface area (TPSA) is 81.4 Å². The Labute approximate surface area is 141 Å². The summed E-state index contributed by atoms with van der Waals surface area (Å²) in [4.78, 5) is 23.5. The Bertz CT molecular complexity index is 696. The molecule has 0 spiro atoms. The molecule has 24 heavy (non-hydrogen) atoms. The highest BCUT2D eigenvalue weighted by Crippen LogP contribution is 2.12. The molecule has 0 bridgehead atoms. The van der Waals surface area contributed by atoms with Crippen LogP contribution in [0.2, 0.25) is 0 Å². The lowest BCUT2D eigenvalue weighted by atomic mass is 10.1. The lowest BCUT2D eigenvalue weighted by Gasteiger charge is -2.08. The highest BCUT2D eigenvalue weighted by atomic mass is 16.5. The van der Waals surface area contributed by atoms with Crippen molar-refractivity contribution >= 4 is 17.6 Å². The standard InChI is InChI=1S/C19H22N2O3/c1-2-24-19(23)16-9-7-14(8-10-16)13-21-18(22)12-11-15-5-3-4-6-17(15)20/h3-10H,2,11-13,20H2,1H3,(H,21,22). The number of amides is 1. The fraction of sp³-hybridized carbons (Fsp3) is 0.263. The summed E-state index contributed by atoms with van der Waals surface area (Å²) in [6.45, 7) is 2.54. The van der Waals surface area contributed by atoms with Crippen molar-refractivity contribution in [3.63, 3.8) is 0 Å². The van der Waals surface area contributed by atoms with Crippen LogP contribution in [0.25, 0.3) is 0 Å². The smallest absolute Gasteiger partial charge is 0.338 e. The summed E-state index contributed by atoms with van der Waals surface area (Å²) in [7, 11) is 0. The van der Waals surface area contributed by atoms with E-state index in [1.807, 2.05) is 36.4 Å². The second kappa shape index (κ2) is 8.72. The molecule has 0 saturated heterocycles. The molecule has 1 amide bonds. The Hall–Kier alpha value is -2.82. The van der Waals surface area contributed by atoms with E-state index in [4.69, 9.17) is 10.5 Å². The first-order chi connectivity index (χ1) is 11.6. The number of nitrogens with two attached hydrogens (primary N) is 1. The second-order valence-corrected chi connectivity index (χ2v) is 5.39. The number of ether oxygens (including phenoxy) is 1.